The van der Waals surface area contributed by atoms with Gasteiger partial charge in [0.25, 0.3) is 0 Å². The molecule has 1 N–H and O–H groups in total. The van der Waals surface area contributed by atoms with Crippen molar-refractivity contribution in [3.63, 3.8) is 0 Å². The van der Waals surface area contributed by atoms with Crippen LogP contribution in [0.4, 0.5) is 0 Å². The van der Waals surface area contributed by atoms with Crippen molar-refractivity contribution in [2.75, 3.05) is 0 Å². The molecular formula is C14H18N2O. The summed E-state index contributed by atoms with van der Waals surface area (Å²) in [5.74, 6) is 0.934. The zero-order chi connectivity index (χ0) is 11.8. The number of phenolic OH excluding ortho intramolecular Hbond substituents is 1. The van der Waals surface area contributed by atoms with Crippen molar-refractivity contribution < 1.29 is 5.11 Å². The molecule has 0 radical (unpaired) electrons. The topological polar surface area (TPSA) is 38.0 Å². The van der Waals surface area contributed by atoms with E-state index in [4.69, 9.17) is 0 Å². The number of phenols is 1. The molecule has 1 fully saturated rings. The fourth-order valence-electron chi connectivity index (χ4n) is 3.10. The molecule has 2 aromatic rings. The van der Waals surface area contributed by atoms with E-state index in [1.54, 1.807) is 6.07 Å². The second kappa shape index (κ2) is 4.06. The summed E-state index contributed by atoms with van der Waals surface area (Å²) in [6, 6.07) is 5.59. The second-order valence-electron chi connectivity index (χ2n) is 5.02. The van der Waals surface area contributed by atoms with Crippen LogP contribution in [0.3, 0.4) is 0 Å². The molecule has 0 aliphatic heterocycles. The molecule has 1 aliphatic carbocycles. The van der Waals surface area contributed by atoms with Gasteiger partial charge in [-0.25, -0.2) is 0 Å². The SMILES string of the molecule is Cn1nc2cccc(O)c2c1C1CCCCC1. The van der Waals surface area contributed by atoms with Crippen molar-refractivity contribution in [3.05, 3.63) is 23.9 Å². The van der Waals surface area contributed by atoms with Gasteiger partial charge in [-0.3, -0.25) is 4.68 Å². The first-order chi connectivity index (χ1) is 8.27. The summed E-state index contributed by atoms with van der Waals surface area (Å²) in [6.45, 7) is 0. The minimum absolute atomic E-state index is 0.371. The molecule has 1 aromatic carbocycles. The van der Waals surface area contributed by atoms with Crippen LogP contribution in [0, 0.1) is 0 Å². The minimum atomic E-state index is 0.371. The highest BCUT2D eigenvalue weighted by atomic mass is 16.3. The standard InChI is InChI=1S/C14H18N2O/c1-16-14(10-6-3-2-4-7-10)13-11(15-16)8-5-9-12(13)17/h5,8-10,17H,2-4,6-7H2,1H3. The van der Waals surface area contributed by atoms with Crippen LogP contribution in [-0.4, -0.2) is 14.9 Å². The van der Waals surface area contributed by atoms with Crippen LogP contribution in [0.5, 0.6) is 5.75 Å². The summed E-state index contributed by atoms with van der Waals surface area (Å²) in [7, 11) is 1.99. The van der Waals surface area contributed by atoms with Gasteiger partial charge in [0.05, 0.1) is 16.6 Å². The van der Waals surface area contributed by atoms with Crippen molar-refractivity contribution in [1.82, 2.24) is 9.78 Å². The highest BCUT2D eigenvalue weighted by Gasteiger charge is 2.23. The largest absolute Gasteiger partial charge is 0.507 e. The average molecular weight is 230 g/mol. The van der Waals surface area contributed by atoms with Crippen LogP contribution >= 0.6 is 0 Å². The van der Waals surface area contributed by atoms with Crippen molar-refractivity contribution in [3.8, 4) is 5.75 Å². The number of hydrogen-bond acceptors (Lipinski definition) is 2. The highest BCUT2D eigenvalue weighted by molar-refractivity contribution is 5.88. The first-order valence-corrected chi connectivity index (χ1v) is 6.42. The lowest BCUT2D eigenvalue weighted by molar-refractivity contribution is 0.424. The summed E-state index contributed by atoms with van der Waals surface area (Å²) in [5, 5.41) is 15.5. The lowest BCUT2D eigenvalue weighted by Crippen LogP contribution is -2.09. The van der Waals surface area contributed by atoms with Crippen LogP contribution < -0.4 is 0 Å². The Morgan fingerprint density at radius 1 is 1.24 bits per heavy atom. The molecule has 0 spiro atoms. The molecule has 90 valence electrons. The predicted octanol–water partition coefficient (Wildman–Crippen LogP) is 3.33. The van der Waals surface area contributed by atoms with Gasteiger partial charge in [-0.2, -0.15) is 5.10 Å². The summed E-state index contributed by atoms with van der Waals surface area (Å²) >= 11 is 0. The number of fused-ring (bicyclic) bond motifs is 1. The van der Waals surface area contributed by atoms with E-state index in [-0.39, 0.29) is 0 Å². The van der Waals surface area contributed by atoms with Gasteiger partial charge in [0.1, 0.15) is 5.75 Å². The molecule has 3 rings (SSSR count). The van der Waals surface area contributed by atoms with Crippen molar-refractivity contribution in [2.24, 2.45) is 7.05 Å². The van der Waals surface area contributed by atoms with Crippen LogP contribution in [-0.2, 0) is 7.05 Å². The number of nitrogens with zero attached hydrogens (tertiary/aromatic N) is 2. The van der Waals surface area contributed by atoms with E-state index in [0.717, 1.165) is 10.9 Å². The van der Waals surface area contributed by atoms with Crippen LogP contribution in [0.15, 0.2) is 18.2 Å². The summed E-state index contributed by atoms with van der Waals surface area (Å²) < 4.78 is 1.96. The van der Waals surface area contributed by atoms with E-state index in [1.165, 1.54) is 37.8 Å². The molecule has 3 heteroatoms. The Kier molecular flexibility index (Phi) is 2.54. The Balaban J connectivity index is 2.16. The number of hydrogen-bond donors (Lipinski definition) is 1. The summed E-state index contributed by atoms with van der Waals surface area (Å²) in [4.78, 5) is 0. The molecule has 0 bridgehead atoms. The van der Waals surface area contributed by atoms with Gasteiger partial charge in [-0.05, 0) is 25.0 Å². The maximum atomic E-state index is 10.0. The van der Waals surface area contributed by atoms with E-state index < -0.39 is 0 Å². The normalized spacial score (nSPS) is 17.7. The lowest BCUT2D eigenvalue weighted by Gasteiger charge is -2.22. The number of aromatic nitrogens is 2. The summed E-state index contributed by atoms with van der Waals surface area (Å²) in [6.07, 6.45) is 6.39. The molecular weight excluding hydrogens is 212 g/mol. The molecule has 1 aliphatic rings. The first kappa shape index (κ1) is 10.6. The molecule has 17 heavy (non-hydrogen) atoms. The van der Waals surface area contributed by atoms with Gasteiger partial charge in [-0.1, -0.05) is 25.3 Å². The molecule has 3 nitrogen and oxygen atoms in total. The third-order valence-electron chi connectivity index (χ3n) is 3.87. The maximum absolute atomic E-state index is 10.0. The predicted molar refractivity (Wildman–Crippen MR) is 68.2 cm³/mol. The fourth-order valence-corrected chi connectivity index (χ4v) is 3.10. The van der Waals surface area contributed by atoms with Gasteiger partial charge in [0, 0.05) is 13.0 Å². The quantitative estimate of drug-likeness (QED) is 0.816. The van der Waals surface area contributed by atoms with E-state index in [9.17, 15) is 5.11 Å². The van der Waals surface area contributed by atoms with Crippen molar-refractivity contribution in [1.29, 1.82) is 0 Å². The minimum Gasteiger partial charge on any atom is -0.507 e. The third kappa shape index (κ3) is 1.70. The molecule has 1 heterocycles. The maximum Gasteiger partial charge on any atom is 0.126 e. The van der Waals surface area contributed by atoms with E-state index in [0.29, 0.717) is 11.7 Å². The van der Waals surface area contributed by atoms with E-state index in [1.807, 2.05) is 23.9 Å². The van der Waals surface area contributed by atoms with Gasteiger partial charge in [0.2, 0.25) is 0 Å². The van der Waals surface area contributed by atoms with Crippen LogP contribution in [0.2, 0.25) is 0 Å². The van der Waals surface area contributed by atoms with Crippen molar-refractivity contribution >= 4 is 10.9 Å². The molecule has 1 aromatic heterocycles. The Labute approximate surface area is 101 Å². The molecule has 0 atom stereocenters. The Hall–Kier alpha value is -1.51. The van der Waals surface area contributed by atoms with Gasteiger partial charge in [-0.15, -0.1) is 0 Å². The third-order valence-corrected chi connectivity index (χ3v) is 3.87. The lowest BCUT2D eigenvalue weighted by atomic mass is 9.85. The number of aryl methyl sites for hydroxylation is 1. The van der Waals surface area contributed by atoms with E-state index >= 15 is 0 Å². The molecule has 1 saturated carbocycles. The average Bonchev–Trinajstić information content (AvgIpc) is 2.68. The van der Waals surface area contributed by atoms with Crippen LogP contribution in [0.25, 0.3) is 10.9 Å². The summed E-state index contributed by atoms with van der Waals surface area (Å²) in [5.41, 5.74) is 2.13. The Morgan fingerprint density at radius 2 is 2.00 bits per heavy atom. The smallest absolute Gasteiger partial charge is 0.126 e. The van der Waals surface area contributed by atoms with Crippen molar-refractivity contribution in [2.45, 2.75) is 38.0 Å². The monoisotopic (exact) mass is 230 g/mol. The van der Waals surface area contributed by atoms with Gasteiger partial charge >= 0.3 is 0 Å². The van der Waals surface area contributed by atoms with Crippen LogP contribution in [0.1, 0.15) is 43.7 Å². The Morgan fingerprint density at radius 3 is 2.76 bits per heavy atom. The van der Waals surface area contributed by atoms with E-state index in [2.05, 4.69) is 5.10 Å². The zero-order valence-electron chi connectivity index (χ0n) is 10.2. The number of rotatable bonds is 1. The fraction of sp³-hybridized carbons (Fsp3) is 0.500. The Bertz CT molecular complexity index is 538. The zero-order valence-corrected chi connectivity index (χ0v) is 10.2. The molecule has 0 unspecified atom stereocenters. The number of benzene rings is 1. The highest BCUT2D eigenvalue weighted by Crippen LogP contribution is 2.38. The molecule has 0 saturated heterocycles. The number of aromatic hydroxyl groups is 1. The first-order valence-electron chi connectivity index (χ1n) is 6.42. The van der Waals surface area contributed by atoms with Gasteiger partial charge < -0.3 is 5.11 Å². The second-order valence-corrected chi connectivity index (χ2v) is 5.02. The van der Waals surface area contributed by atoms with Gasteiger partial charge in [0.15, 0.2) is 0 Å². The molecule has 0 amide bonds.